The molecule has 0 radical (unpaired) electrons. The molecule has 3 aromatic rings. The number of hydrogen-bond donors (Lipinski definition) is 1. The smallest absolute Gasteiger partial charge is 0.275 e. The normalized spacial score (nSPS) is 10.6. The van der Waals surface area contributed by atoms with Crippen LogP contribution in [0.3, 0.4) is 0 Å². The largest absolute Gasteiger partial charge is 0.310 e. The molecule has 1 amide bonds. The molecule has 0 aliphatic carbocycles. The van der Waals surface area contributed by atoms with Crippen molar-refractivity contribution in [2.45, 2.75) is 0 Å². The molecular formula is C12H7ClN4OS. The molecule has 3 rings (SSSR count). The van der Waals surface area contributed by atoms with Crippen LogP contribution in [0.2, 0.25) is 5.02 Å². The lowest BCUT2D eigenvalue weighted by molar-refractivity contribution is 0.102. The Morgan fingerprint density at radius 3 is 2.95 bits per heavy atom. The van der Waals surface area contributed by atoms with Crippen LogP contribution in [0.5, 0.6) is 0 Å². The summed E-state index contributed by atoms with van der Waals surface area (Å²) in [7, 11) is 0. The van der Waals surface area contributed by atoms with Gasteiger partial charge in [0.05, 0.1) is 16.7 Å². The zero-order chi connectivity index (χ0) is 13.2. The molecule has 0 spiro atoms. The molecule has 7 heteroatoms. The van der Waals surface area contributed by atoms with Crippen LogP contribution in [0.4, 0.5) is 5.00 Å². The Labute approximate surface area is 117 Å². The summed E-state index contributed by atoms with van der Waals surface area (Å²) in [6.07, 6.45) is 1.48. The highest BCUT2D eigenvalue weighted by Gasteiger charge is 2.12. The van der Waals surface area contributed by atoms with Crippen LogP contribution < -0.4 is 5.32 Å². The van der Waals surface area contributed by atoms with E-state index in [4.69, 9.17) is 11.6 Å². The van der Waals surface area contributed by atoms with Gasteiger partial charge in [0.1, 0.15) is 10.7 Å². The number of fused-ring (bicyclic) bond motifs is 1. The first-order chi connectivity index (χ1) is 9.24. The van der Waals surface area contributed by atoms with Crippen LogP contribution in [0.25, 0.3) is 10.9 Å². The molecule has 0 fully saturated rings. The predicted molar refractivity (Wildman–Crippen MR) is 74.6 cm³/mol. The number of hydrogen-bond acceptors (Lipinski definition) is 5. The van der Waals surface area contributed by atoms with E-state index in [0.29, 0.717) is 15.5 Å². The van der Waals surface area contributed by atoms with Crippen molar-refractivity contribution in [1.82, 2.24) is 14.6 Å². The van der Waals surface area contributed by atoms with Crippen molar-refractivity contribution in [1.29, 1.82) is 0 Å². The zero-order valence-corrected chi connectivity index (χ0v) is 11.1. The van der Waals surface area contributed by atoms with Gasteiger partial charge >= 0.3 is 0 Å². The molecular weight excluding hydrogens is 284 g/mol. The maximum absolute atomic E-state index is 12.0. The maximum atomic E-state index is 12.0. The Balaban J connectivity index is 1.98. The second-order valence-corrected chi connectivity index (χ2v) is 4.94. The Bertz CT molecular complexity index is 745. The molecule has 0 saturated heterocycles. The molecule has 0 bridgehead atoms. The summed E-state index contributed by atoms with van der Waals surface area (Å²) in [5.41, 5.74) is 0.944. The summed E-state index contributed by atoms with van der Waals surface area (Å²) < 4.78 is 3.67. The van der Waals surface area contributed by atoms with Gasteiger partial charge in [0.2, 0.25) is 0 Å². The number of anilines is 1. The molecule has 2 aromatic heterocycles. The number of para-hydroxylation sites is 1. The number of carbonyl (C=O) groups excluding carboxylic acids is 1. The molecule has 0 aliphatic heterocycles. The summed E-state index contributed by atoms with van der Waals surface area (Å²) in [4.78, 5) is 16.3. The number of carbonyl (C=O) groups is 1. The van der Waals surface area contributed by atoms with Gasteiger partial charge in [0.25, 0.3) is 5.91 Å². The van der Waals surface area contributed by atoms with E-state index in [1.54, 1.807) is 6.07 Å². The van der Waals surface area contributed by atoms with E-state index in [1.807, 2.05) is 24.3 Å². The Morgan fingerprint density at radius 2 is 2.16 bits per heavy atom. The van der Waals surface area contributed by atoms with Crippen molar-refractivity contribution >= 4 is 44.9 Å². The van der Waals surface area contributed by atoms with Gasteiger partial charge in [-0.1, -0.05) is 34.3 Å². The minimum absolute atomic E-state index is 0.261. The van der Waals surface area contributed by atoms with E-state index in [1.165, 1.54) is 6.20 Å². The van der Waals surface area contributed by atoms with Crippen molar-refractivity contribution in [3.05, 3.63) is 47.2 Å². The van der Waals surface area contributed by atoms with Crippen molar-refractivity contribution in [2.75, 3.05) is 5.32 Å². The van der Waals surface area contributed by atoms with Crippen LogP contribution in [-0.2, 0) is 0 Å². The van der Waals surface area contributed by atoms with Gasteiger partial charge in [-0.25, -0.2) is 4.98 Å². The Hall–Kier alpha value is -2.05. The number of amides is 1. The topological polar surface area (TPSA) is 67.8 Å². The average molecular weight is 291 g/mol. The van der Waals surface area contributed by atoms with Gasteiger partial charge in [-0.15, -0.1) is 5.10 Å². The molecule has 94 valence electrons. The number of halogens is 1. The standard InChI is InChI=1S/C12H7ClN4OS/c13-8-5-10(12(18)16-11-6-14-17-19-11)15-9-4-2-1-3-7(8)9/h1-6H,(H,16,18). The van der Waals surface area contributed by atoms with Gasteiger partial charge in [0, 0.05) is 16.9 Å². The van der Waals surface area contributed by atoms with Crippen molar-refractivity contribution < 1.29 is 4.79 Å². The highest BCUT2D eigenvalue weighted by Crippen LogP contribution is 2.23. The van der Waals surface area contributed by atoms with Crippen LogP contribution in [0.15, 0.2) is 36.5 Å². The summed E-state index contributed by atoms with van der Waals surface area (Å²) in [5, 5.41) is 8.19. The fourth-order valence-corrected chi connectivity index (χ4v) is 2.33. The molecule has 5 nitrogen and oxygen atoms in total. The van der Waals surface area contributed by atoms with Gasteiger partial charge in [-0.2, -0.15) is 0 Å². The summed E-state index contributed by atoms with van der Waals surface area (Å²) in [6, 6.07) is 8.94. The van der Waals surface area contributed by atoms with Gasteiger partial charge < -0.3 is 5.32 Å². The Morgan fingerprint density at radius 1 is 1.32 bits per heavy atom. The molecule has 0 unspecified atom stereocenters. The van der Waals surface area contributed by atoms with Gasteiger partial charge in [-0.3, -0.25) is 4.79 Å². The Kier molecular flexibility index (Phi) is 3.10. The number of nitrogens with zero attached hydrogens (tertiary/aromatic N) is 3. The highest BCUT2D eigenvalue weighted by atomic mass is 35.5. The van der Waals surface area contributed by atoms with E-state index in [0.717, 1.165) is 16.9 Å². The quantitative estimate of drug-likeness (QED) is 0.788. The summed E-state index contributed by atoms with van der Waals surface area (Å²) >= 11 is 7.25. The van der Waals surface area contributed by atoms with Crippen LogP contribution in [-0.4, -0.2) is 20.5 Å². The lowest BCUT2D eigenvalue weighted by Gasteiger charge is -2.04. The van der Waals surface area contributed by atoms with Crippen molar-refractivity contribution in [3.63, 3.8) is 0 Å². The van der Waals surface area contributed by atoms with E-state index in [2.05, 4.69) is 19.9 Å². The molecule has 0 aliphatic rings. The molecule has 0 atom stereocenters. The minimum atomic E-state index is -0.335. The highest BCUT2D eigenvalue weighted by molar-refractivity contribution is 7.10. The SMILES string of the molecule is O=C(Nc1cnns1)c1cc(Cl)c2ccccc2n1. The summed E-state index contributed by atoms with van der Waals surface area (Å²) in [6.45, 7) is 0. The third-order valence-electron chi connectivity index (χ3n) is 2.50. The number of nitrogens with one attached hydrogen (secondary N) is 1. The van der Waals surface area contributed by atoms with Crippen LogP contribution in [0, 0.1) is 0 Å². The number of pyridine rings is 1. The second-order valence-electron chi connectivity index (χ2n) is 3.74. The van der Waals surface area contributed by atoms with Crippen molar-refractivity contribution in [3.8, 4) is 0 Å². The average Bonchev–Trinajstić information content (AvgIpc) is 2.91. The molecule has 1 N–H and O–H groups in total. The van der Waals surface area contributed by atoms with Gasteiger partial charge in [0.15, 0.2) is 0 Å². The van der Waals surface area contributed by atoms with Crippen LogP contribution in [0.1, 0.15) is 10.5 Å². The minimum Gasteiger partial charge on any atom is -0.310 e. The van der Waals surface area contributed by atoms with E-state index < -0.39 is 0 Å². The first-order valence-electron chi connectivity index (χ1n) is 5.38. The monoisotopic (exact) mass is 290 g/mol. The number of rotatable bonds is 2. The molecule has 19 heavy (non-hydrogen) atoms. The fourth-order valence-electron chi connectivity index (χ4n) is 1.65. The fraction of sp³-hybridized carbons (Fsp3) is 0. The molecule has 2 heterocycles. The van der Waals surface area contributed by atoms with E-state index in [-0.39, 0.29) is 11.6 Å². The van der Waals surface area contributed by atoms with Gasteiger partial charge in [-0.05, 0) is 12.1 Å². The van der Waals surface area contributed by atoms with E-state index in [9.17, 15) is 4.79 Å². The third kappa shape index (κ3) is 2.40. The first-order valence-corrected chi connectivity index (χ1v) is 6.53. The molecule has 1 aromatic carbocycles. The third-order valence-corrected chi connectivity index (χ3v) is 3.39. The lowest BCUT2D eigenvalue weighted by atomic mass is 10.2. The zero-order valence-electron chi connectivity index (χ0n) is 9.50. The maximum Gasteiger partial charge on any atom is 0.275 e. The van der Waals surface area contributed by atoms with Crippen molar-refractivity contribution in [2.24, 2.45) is 0 Å². The lowest BCUT2D eigenvalue weighted by Crippen LogP contribution is -2.12. The second kappa shape index (κ2) is 4.91. The number of aromatic nitrogens is 3. The predicted octanol–water partition coefficient (Wildman–Crippen LogP) is 2.99. The summed E-state index contributed by atoms with van der Waals surface area (Å²) in [5.74, 6) is -0.335. The van der Waals surface area contributed by atoms with E-state index >= 15 is 0 Å². The molecule has 0 saturated carbocycles. The number of benzene rings is 1. The first kappa shape index (κ1) is 12.0. The van der Waals surface area contributed by atoms with Crippen LogP contribution >= 0.6 is 23.1 Å².